The number of hydrogen-bond donors (Lipinski definition) is 0. The van der Waals surface area contributed by atoms with E-state index in [1.807, 2.05) is 38.5 Å². The molecule has 0 radical (unpaired) electrons. The van der Waals surface area contributed by atoms with E-state index >= 15 is 0 Å². The van der Waals surface area contributed by atoms with E-state index in [1.54, 1.807) is 11.8 Å². The van der Waals surface area contributed by atoms with Crippen molar-refractivity contribution in [1.82, 2.24) is 9.88 Å². The van der Waals surface area contributed by atoms with E-state index in [2.05, 4.69) is 16.8 Å². The second-order valence-corrected chi connectivity index (χ2v) is 6.19. The van der Waals surface area contributed by atoms with Gasteiger partial charge in [0.25, 0.3) is 0 Å². The molecule has 0 saturated carbocycles. The summed E-state index contributed by atoms with van der Waals surface area (Å²) in [5, 5.41) is 0. The molecule has 0 unspecified atom stereocenters. The molecule has 0 aliphatic heterocycles. The Hall–Kier alpha value is -0.390. The molecule has 0 fully saturated rings. The minimum absolute atomic E-state index is 0. The Morgan fingerprint density at radius 2 is 1.86 bits per heavy atom. The molecule has 0 aliphatic carbocycles. The second kappa shape index (κ2) is 10.4. The molecule has 2 rings (SSSR count). The summed E-state index contributed by atoms with van der Waals surface area (Å²) < 4.78 is 5.81. The van der Waals surface area contributed by atoms with Gasteiger partial charge in [-0.25, -0.2) is 0 Å². The Balaban J connectivity index is 0.00000220. The number of pyridine rings is 1. The van der Waals surface area contributed by atoms with Crippen molar-refractivity contribution in [1.29, 1.82) is 0 Å². The van der Waals surface area contributed by atoms with E-state index in [0.717, 1.165) is 35.1 Å². The molecule has 0 bridgehead atoms. The lowest BCUT2D eigenvalue weighted by Crippen LogP contribution is -2.09. The van der Waals surface area contributed by atoms with Crippen molar-refractivity contribution in [2.24, 2.45) is 0 Å². The zero-order chi connectivity index (χ0) is 14.5. The van der Waals surface area contributed by atoms with Crippen LogP contribution in [0.5, 0.6) is 0 Å². The van der Waals surface area contributed by atoms with Gasteiger partial charge in [0.1, 0.15) is 11.5 Å². The number of alkyl halides is 1. The monoisotopic (exact) mass is 382 g/mol. The minimum atomic E-state index is 0. The summed E-state index contributed by atoms with van der Waals surface area (Å²) >= 11 is 7.63. The third kappa shape index (κ3) is 6.01. The van der Waals surface area contributed by atoms with Crippen molar-refractivity contribution in [2.45, 2.75) is 30.0 Å². The van der Waals surface area contributed by atoms with Gasteiger partial charge in [-0.3, -0.25) is 4.98 Å². The number of furan rings is 1. The van der Waals surface area contributed by atoms with E-state index in [1.165, 1.54) is 4.90 Å². The van der Waals surface area contributed by atoms with E-state index in [4.69, 9.17) is 16.0 Å². The largest absolute Gasteiger partial charge is 0.464 e. The number of nitrogens with zero attached hydrogens (tertiary/aromatic N) is 2. The molecule has 22 heavy (non-hydrogen) atoms. The summed E-state index contributed by atoms with van der Waals surface area (Å²) in [5.74, 6) is 3.27. The number of hydrogen-bond acceptors (Lipinski definition) is 4. The van der Waals surface area contributed by atoms with Gasteiger partial charge in [0.15, 0.2) is 0 Å². The fraction of sp³-hybridized carbons (Fsp3) is 0.400. The molecule has 2 aromatic rings. The topological polar surface area (TPSA) is 29.3 Å². The molecule has 0 saturated heterocycles. The molecule has 0 aliphatic rings. The molecule has 0 aromatic carbocycles. The first kappa shape index (κ1) is 21.6. The van der Waals surface area contributed by atoms with Crippen LogP contribution in [0, 0.1) is 6.92 Å². The van der Waals surface area contributed by atoms with Gasteiger partial charge in [0.2, 0.25) is 0 Å². The second-order valence-electron chi connectivity index (χ2n) is 4.91. The minimum Gasteiger partial charge on any atom is -0.464 e. The zero-order valence-corrected chi connectivity index (χ0v) is 16.0. The Morgan fingerprint density at radius 3 is 2.50 bits per heavy atom. The van der Waals surface area contributed by atoms with Crippen LogP contribution in [0.2, 0.25) is 0 Å². The molecule has 0 N–H and O–H groups in total. The third-order valence-electron chi connectivity index (χ3n) is 2.94. The van der Waals surface area contributed by atoms with Crippen molar-refractivity contribution in [3.05, 3.63) is 47.2 Å². The van der Waals surface area contributed by atoms with Crippen molar-refractivity contribution in [3.8, 4) is 0 Å². The molecule has 2 aromatic heterocycles. The van der Waals surface area contributed by atoms with Gasteiger partial charge < -0.3 is 9.32 Å². The van der Waals surface area contributed by atoms with Gasteiger partial charge in [-0.1, -0.05) is 0 Å². The van der Waals surface area contributed by atoms with E-state index in [0.29, 0.717) is 5.88 Å². The van der Waals surface area contributed by atoms with Gasteiger partial charge in [-0.2, -0.15) is 0 Å². The van der Waals surface area contributed by atoms with Gasteiger partial charge in [-0.05, 0) is 44.8 Å². The highest BCUT2D eigenvalue weighted by atomic mass is 35.5. The molecule has 0 amide bonds. The fourth-order valence-corrected chi connectivity index (χ4v) is 3.11. The maximum absolute atomic E-state index is 5.88. The van der Waals surface area contributed by atoms with E-state index < -0.39 is 0 Å². The van der Waals surface area contributed by atoms with Gasteiger partial charge in [0, 0.05) is 11.1 Å². The van der Waals surface area contributed by atoms with Crippen LogP contribution in [0.15, 0.2) is 33.7 Å². The first-order valence-corrected chi connectivity index (χ1v) is 7.97. The number of thioether (sulfide) groups is 1. The Morgan fingerprint density at radius 1 is 1.18 bits per heavy atom. The first-order valence-electron chi connectivity index (χ1n) is 6.45. The molecular formula is C15H21Cl3N2OS. The van der Waals surface area contributed by atoms with Crippen LogP contribution in [0.3, 0.4) is 0 Å². The summed E-state index contributed by atoms with van der Waals surface area (Å²) in [7, 11) is 4.07. The van der Waals surface area contributed by atoms with Gasteiger partial charge in [-0.15, -0.1) is 48.2 Å². The first-order chi connectivity index (χ1) is 9.60. The van der Waals surface area contributed by atoms with Crippen LogP contribution in [-0.2, 0) is 18.2 Å². The number of halogens is 3. The van der Waals surface area contributed by atoms with Gasteiger partial charge in [0.05, 0.1) is 23.9 Å². The molecule has 0 spiro atoms. The standard InChI is InChI=1S/C15H19ClN2OS.2ClH/c1-11-14(8-16)17-7-6-15(11)20-10-13-5-4-12(19-13)9-18(2)3;;/h4-7H,8-10H2,1-3H3;2*1H. The Labute approximate surface area is 153 Å². The molecule has 124 valence electrons. The van der Waals surface area contributed by atoms with Crippen LogP contribution in [0.1, 0.15) is 22.8 Å². The smallest absolute Gasteiger partial charge is 0.118 e. The Bertz CT molecular complexity index is 576. The predicted molar refractivity (Wildman–Crippen MR) is 98.7 cm³/mol. The average Bonchev–Trinajstić information content (AvgIpc) is 2.84. The van der Waals surface area contributed by atoms with Crippen molar-refractivity contribution >= 4 is 48.2 Å². The predicted octanol–water partition coefficient (Wildman–Crippen LogP) is 4.92. The normalized spacial score (nSPS) is 10.2. The fourth-order valence-electron chi connectivity index (χ4n) is 1.90. The van der Waals surface area contributed by atoms with Crippen molar-refractivity contribution < 1.29 is 4.42 Å². The van der Waals surface area contributed by atoms with Crippen LogP contribution in [0.25, 0.3) is 0 Å². The van der Waals surface area contributed by atoms with Gasteiger partial charge >= 0.3 is 0 Å². The average molecular weight is 384 g/mol. The number of aromatic nitrogens is 1. The zero-order valence-electron chi connectivity index (χ0n) is 12.8. The maximum Gasteiger partial charge on any atom is 0.118 e. The molecule has 7 heteroatoms. The van der Waals surface area contributed by atoms with Crippen LogP contribution in [-0.4, -0.2) is 24.0 Å². The quantitative estimate of drug-likeness (QED) is 0.523. The summed E-state index contributed by atoms with van der Waals surface area (Å²) in [6.45, 7) is 2.89. The SMILES string of the molecule is Cc1c(SCc2ccc(CN(C)C)o2)ccnc1CCl.Cl.Cl. The van der Waals surface area contributed by atoms with Crippen molar-refractivity contribution in [2.75, 3.05) is 14.1 Å². The summed E-state index contributed by atoms with van der Waals surface area (Å²) in [6, 6.07) is 6.12. The molecule has 0 atom stereocenters. The highest BCUT2D eigenvalue weighted by Crippen LogP contribution is 2.28. The van der Waals surface area contributed by atoms with E-state index in [9.17, 15) is 0 Å². The van der Waals surface area contributed by atoms with Crippen LogP contribution in [0.4, 0.5) is 0 Å². The lowest BCUT2D eigenvalue weighted by Gasteiger charge is -2.08. The highest BCUT2D eigenvalue weighted by molar-refractivity contribution is 7.98. The molecule has 2 heterocycles. The lowest BCUT2D eigenvalue weighted by molar-refractivity contribution is 0.344. The molecule has 3 nitrogen and oxygen atoms in total. The van der Waals surface area contributed by atoms with Crippen LogP contribution >= 0.6 is 48.2 Å². The van der Waals surface area contributed by atoms with Crippen LogP contribution < -0.4 is 0 Å². The third-order valence-corrected chi connectivity index (χ3v) is 4.38. The lowest BCUT2D eigenvalue weighted by atomic mass is 10.2. The maximum atomic E-state index is 5.88. The van der Waals surface area contributed by atoms with E-state index in [-0.39, 0.29) is 24.8 Å². The highest BCUT2D eigenvalue weighted by Gasteiger charge is 2.08. The van der Waals surface area contributed by atoms with Crippen molar-refractivity contribution in [3.63, 3.8) is 0 Å². The summed E-state index contributed by atoms with van der Waals surface area (Å²) in [4.78, 5) is 7.58. The summed E-state index contributed by atoms with van der Waals surface area (Å²) in [6.07, 6.45) is 1.81. The molecular weight excluding hydrogens is 363 g/mol. The Kier molecular flexibility index (Phi) is 10.2. The summed E-state index contributed by atoms with van der Waals surface area (Å²) in [5.41, 5.74) is 2.11. The number of rotatable bonds is 6.